The van der Waals surface area contributed by atoms with Crippen LogP contribution in [0.3, 0.4) is 0 Å². The van der Waals surface area contributed by atoms with Crippen LogP contribution in [0.1, 0.15) is 58.8 Å². The second kappa shape index (κ2) is 5.09. The number of halogens is 2. The molecule has 1 rings (SSSR count). The zero-order valence-electron chi connectivity index (χ0n) is 9.36. The Balaban J connectivity index is 2.39. The summed E-state index contributed by atoms with van der Waals surface area (Å²) in [7, 11) is 0. The average Bonchev–Trinajstić information content (AvgIpc) is 2.15. The number of hydrogen-bond acceptors (Lipinski definition) is 0. The van der Waals surface area contributed by atoms with Gasteiger partial charge in [0.25, 0.3) is 0 Å². The molecule has 0 saturated heterocycles. The van der Waals surface area contributed by atoms with Crippen molar-refractivity contribution in [1.29, 1.82) is 0 Å². The summed E-state index contributed by atoms with van der Waals surface area (Å²) >= 11 is 0. The van der Waals surface area contributed by atoms with Gasteiger partial charge in [0, 0.05) is 12.8 Å². The Kier molecular flexibility index (Phi) is 4.33. The molecular weight excluding hydrogens is 182 g/mol. The van der Waals surface area contributed by atoms with Gasteiger partial charge in [0.05, 0.1) is 0 Å². The van der Waals surface area contributed by atoms with Crippen molar-refractivity contribution < 1.29 is 8.78 Å². The van der Waals surface area contributed by atoms with E-state index in [1.54, 1.807) is 0 Å². The molecule has 0 spiro atoms. The van der Waals surface area contributed by atoms with E-state index in [0.717, 1.165) is 19.3 Å². The monoisotopic (exact) mass is 204 g/mol. The van der Waals surface area contributed by atoms with Gasteiger partial charge in [-0.2, -0.15) is 0 Å². The van der Waals surface area contributed by atoms with Gasteiger partial charge in [-0.25, -0.2) is 8.78 Å². The molecule has 0 nitrogen and oxygen atoms in total. The fourth-order valence-electron chi connectivity index (χ4n) is 2.68. The maximum atomic E-state index is 12.9. The average molecular weight is 204 g/mol. The molecule has 1 unspecified atom stereocenters. The molecule has 0 aliphatic heterocycles. The van der Waals surface area contributed by atoms with Crippen LogP contribution in [0.5, 0.6) is 0 Å². The van der Waals surface area contributed by atoms with Gasteiger partial charge < -0.3 is 0 Å². The minimum Gasteiger partial charge on any atom is -0.207 e. The molecule has 1 aliphatic rings. The van der Waals surface area contributed by atoms with Gasteiger partial charge >= 0.3 is 0 Å². The zero-order chi connectivity index (χ0) is 10.6. The lowest BCUT2D eigenvalue weighted by molar-refractivity contribution is -0.0529. The Bertz CT molecular complexity index is 156. The van der Waals surface area contributed by atoms with Crippen molar-refractivity contribution in [2.24, 2.45) is 11.8 Å². The summed E-state index contributed by atoms with van der Waals surface area (Å²) in [5.74, 6) is -1.10. The normalized spacial score (nSPS) is 24.9. The van der Waals surface area contributed by atoms with Gasteiger partial charge in [-0.3, -0.25) is 0 Å². The highest BCUT2D eigenvalue weighted by atomic mass is 19.3. The lowest BCUT2D eigenvalue weighted by atomic mass is 9.76. The summed E-state index contributed by atoms with van der Waals surface area (Å²) in [5, 5.41) is 0. The van der Waals surface area contributed by atoms with Crippen molar-refractivity contribution in [2.75, 3.05) is 0 Å². The summed E-state index contributed by atoms with van der Waals surface area (Å²) in [6.45, 7) is 4.37. The third kappa shape index (κ3) is 3.21. The van der Waals surface area contributed by atoms with E-state index in [4.69, 9.17) is 0 Å². The van der Waals surface area contributed by atoms with Crippen LogP contribution in [0, 0.1) is 11.8 Å². The highest BCUT2D eigenvalue weighted by Gasteiger charge is 2.36. The molecule has 0 N–H and O–H groups in total. The molecule has 0 aromatic rings. The summed E-state index contributed by atoms with van der Waals surface area (Å²) in [5.41, 5.74) is 0. The van der Waals surface area contributed by atoms with Crippen molar-refractivity contribution in [3.05, 3.63) is 0 Å². The lowest BCUT2D eigenvalue weighted by Gasteiger charge is -2.33. The minimum absolute atomic E-state index is 0.123. The maximum absolute atomic E-state index is 12.9. The standard InChI is InChI=1S/C12H22F2/c1-3-5-10(4-2)11-6-8-12(13,14)9-7-11/h10-11H,3-9H2,1-2H3. The number of hydrogen-bond donors (Lipinski definition) is 0. The maximum Gasteiger partial charge on any atom is 0.248 e. The first-order valence-corrected chi connectivity index (χ1v) is 5.97. The van der Waals surface area contributed by atoms with E-state index in [2.05, 4.69) is 13.8 Å². The molecule has 0 radical (unpaired) electrons. The fourth-order valence-corrected chi connectivity index (χ4v) is 2.68. The highest BCUT2D eigenvalue weighted by molar-refractivity contribution is 4.80. The Morgan fingerprint density at radius 1 is 1.21 bits per heavy atom. The van der Waals surface area contributed by atoms with Crippen molar-refractivity contribution in [3.63, 3.8) is 0 Å². The van der Waals surface area contributed by atoms with Gasteiger partial charge in [-0.15, -0.1) is 0 Å². The van der Waals surface area contributed by atoms with Crippen LogP contribution < -0.4 is 0 Å². The first-order valence-electron chi connectivity index (χ1n) is 5.97. The van der Waals surface area contributed by atoms with Crippen LogP contribution in [-0.2, 0) is 0 Å². The van der Waals surface area contributed by atoms with E-state index in [9.17, 15) is 8.78 Å². The Labute approximate surface area is 86.1 Å². The molecule has 0 bridgehead atoms. The molecule has 84 valence electrons. The summed E-state index contributed by atoms with van der Waals surface area (Å²) in [4.78, 5) is 0. The predicted octanol–water partition coefficient (Wildman–Crippen LogP) is 4.64. The highest BCUT2D eigenvalue weighted by Crippen LogP contribution is 2.41. The first-order chi connectivity index (χ1) is 6.59. The van der Waals surface area contributed by atoms with E-state index >= 15 is 0 Å². The summed E-state index contributed by atoms with van der Waals surface area (Å²) < 4.78 is 25.9. The Morgan fingerprint density at radius 2 is 1.79 bits per heavy atom. The van der Waals surface area contributed by atoms with Gasteiger partial charge in [-0.1, -0.05) is 33.1 Å². The molecular formula is C12H22F2. The van der Waals surface area contributed by atoms with Gasteiger partial charge in [0.2, 0.25) is 5.92 Å². The third-order valence-electron chi connectivity index (χ3n) is 3.61. The lowest BCUT2D eigenvalue weighted by Crippen LogP contribution is -2.28. The van der Waals surface area contributed by atoms with E-state index < -0.39 is 5.92 Å². The van der Waals surface area contributed by atoms with E-state index in [0.29, 0.717) is 11.8 Å². The molecule has 1 saturated carbocycles. The molecule has 0 heterocycles. The topological polar surface area (TPSA) is 0 Å². The van der Waals surface area contributed by atoms with Crippen LogP contribution in [0.25, 0.3) is 0 Å². The largest absolute Gasteiger partial charge is 0.248 e. The van der Waals surface area contributed by atoms with Gasteiger partial charge in [-0.05, 0) is 24.7 Å². The van der Waals surface area contributed by atoms with E-state index in [1.165, 1.54) is 12.8 Å². The number of rotatable bonds is 4. The van der Waals surface area contributed by atoms with Gasteiger partial charge in [0.1, 0.15) is 0 Å². The third-order valence-corrected chi connectivity index (χ3v) is 3.61. The van der Waals surface area contributed by atoms with Crippen LogP contribution in [0.2, 0.25) is 0 Å². The zero-order valence-corrected chi connectivity index (χ0v) is 9.36. The Morgan fingerprint density at radius 3 is 2.21 bits per heavy atom. The summed E-state index contributed by atoms with van der Waals surface area (Å²) in [6.07, 6.45) is 5.29. The van der Waals surface area contributed by atoms with Crippen molar-refractivity contribution >= 4 is 0 Å². The second-order valence-electron chi connectivity index (χ2n) is 4.65. The minimum atomic E-state index is -2.36. The predicted molar refractivity (Wildman–Crippen MR) is 55.6 cm³/mol. The second-order valence-corrected chi connectivity index (χ2v) is 4.65. The Hall–Kier alpha value is -0.140. The molecule has 14 heavy (non-hydrogen) atoms. The molecule has 1 atom stereocenters. The van der Waals surface area contributed by atoms with Crippen LogP contribution >= 0.6 is 0 Å². The fraction of sp³-hybridized carbons (Fsp3) is 1.00. The number of alkyl halides is 2. The van der Waals surface area contributed by atoms with E-state index in [-0.39, 0.29) is 12.8 Å². The van der Waals surface area contributed by atoms with Crippen LogP contribution in [0.15, 0.2) is 0 Å². The molecule has 1 fully saturated rings. The van der Waals surface area contributed by atoms with Crippen molar-refractivity contribution in [3.8, 4) is 0 Å². The SMILES string of the molecule is CCCC(CC)C1CCC(F)(F)CC1. The van der Waals surface area contributed by atoms with Crippen LogP contribution in [-0.4, -0.2) is 5.92 Å². The van der Waals surface area contributed by atoms with Gasteiger partial charge in [0.15, 0.2) is 0 Å². The van der Waals surface area contributed by atoms with Crippen LogP contribution in [0.4, 0.5) is 8.78 Å². The molecule has 0 aromatic heterocycles. The smallest absolute Gasteiger partial charge is 0.207 e. The first kappa shape index (κ1) is 11.9. The van der Waals surface area contributed by atoms with E-state index in [1.807, 2.05) is 0 Å². The molecule has 2 heteroatoms. The molecule has 0 amide bonds. The molecule has 0 aromatic carbocycles. The van der Waals surface area contributed by atoms with Crippen molar-refractivity contribution in [2.45, 2.75) is 64.7 Å². The molecule has 1 aliphatic carbocycles. The van der Waals surface area contributed by atoms with Crippen molar-refractivity contribution in [1.82, 2.24) is 0 Å². The summed E-state index contributed by atoms with van der Waals surface area (Å²) in [6, 6.07) is 0. The quantitative estimate of drug-likeness (QED) is 0.626.